The van der Waals surface area contributed by atoms with Crippen molar-refractivity contribution in [3.63, 3.8) is 0 Å². The van der Waals surface area contributed by atoms with Crippen LogP contribution in [0, 0.1) is 13.8 Å². The summed E-state index contributed by atoms with van der Waals surface area (Å²) in [5, 5.41) is 0. The number of likely N-dealkylation sites (tertiary alicyclic amines) is 1. The lowest BCUT2D eigenvalue weighted by atomic mass is 10.0. The molecule has 0 amide bonds. The van der Waals surface area contributed by atoms with Crippen molar-refractivity contribution in [1.82, 2.24) is 14.8 Å². The number of pyridine rings is 1. The van der Waals surface area contributed by atoms with E-state index in [1.807, 2.05) is 32.9 Å². The third kappa shape index (κ3) is 9.65. The number of piperidine rings is 1. The second kappa shape index (κ2) is 16.9. The van der Waals surface area contributed by atoms with Crippen LogP contribution in [0.3, 0.4) is 0 Å². The molecule has 2 aromatic carbocycles. The maximum atomic E-state index is 10.9. The first kappa shape index (κ1) is 32.2. The molecule has 0 saturated carbocycles. The molecule has 2 aliphatic rings. The number of aromatic nitrogens is 1. The summed E-state index contributed by atoms with van der Waals surface area (Å²) in [5.41, 5.74) is 7.09. The molecule has 220 valence electrons. The van der Waals surface area contributed by atoms with Crippen molar-refractivity contribution in [1.29, 1.82) is 0 Å². The van der Waals surface area contributed by atoms with Gasteiger partial charge in [-0.05, 0) is 74.5 Å². The van der Waals surface area contributed by atoms with E-state index in [1.54, 1.807) is 6.20 Å². The smallest absolute Gasteiger partial charge is 0.151 e. The van der Waals surface area contributed by atoms with Crippen LogP contribution in [-0.2, 0) is 13.0 Å². The van der Waals surface area contributed by atoms with Crippen LogP contribution in [-0.4, -0.2) is 66.4 Å². The SMILES string of the molecule is C=Cc1ccc(CN2CCC(N3CCN(c4ncc(C=O)cc4C)CC3)CC2)cc1.CC.CCc1cccc(C)c1. The van der Waals surface area contributed by atoms with Gasteiger partial charge in [0, 0.05) is 50.5 Å². The average molecular weight is 555 g/mol. The number of anilines is 1. The Morgan fingerprint density at radius 2 is 1.56 bits per heavy atom. The summed E-state index contributed by atoms with van der Waals surface area (Å²) in [5.74, 6) is 1.03. The molecule has 0 spiro atoms. The Morgan fingerprint density at radius 3 is 2.10 bits per heavy atom. The van der Waals surface area contributed by atoms with Crippen molar-refractivity contribution < 1.29 is 4.79 Å². The first-order valence-electron chi connectivity index (χ1n) is 15.4. The van der Waals surface area contributed by atoms with Gasteiger partial charge in [0.05, 0.1) is 0 Å². The van der Waals surface area contributed by atoms with Crippen LogP contribution in [0.1, 0.15) is 71.8 Å². The summed E-state index contributed by atoms with van der Waals surface area (Å²) < 4.78 is 0. The van der Waals surface area contributed by atoms with Gasteiger partial charge in [-0.2, -0.15) is 0 Å². The predicted octanol–water partition coefficient (Wildman–Crippen LogP) is 7.22. The predicted molar refractivity (Wildman–Crippen MR) is 175 cm³/mol. The van der Waals surface area contributed by atoms with E-state index in [1.165, 1.54) is 48.2 Å². The molecule has 2 aliphatic heterocycles. The molecule has 2 saturated heterocycles. The van der Waals surface area contributed by atoms with Gasteiger partial charge in [-0.3, -0.25) is 14.6 Å². The topological polar surface area (TPSA) is 39.7 Å². The number of aryl methyl sites for hydroxylation is 3. The maximum absolute atomic E-state index is 10.9. The minimum absolute atomic E-state index is 0.651. The molecule has 5 rings (SSSR count). The van der Waals surface area contributed by atoms with Gasteiger partial charge in [-0.15, -0.1) is 0 Å². The molecule has 41 heavy (non-hydrogen) atoms. The van der Waals surface area contributed by atoms with Gasteiger partial charge in [0.25, 0.3) is 0 Å². The number of carbonyl (C=O) groups is 1. The molecule has 0 N–H and O–H groups in total. The third-order valence-electron chi connectivity index (χ3n) is 8.01. The number of aldehydes is 1. The zero-order valence-corrected chi connectivity index (χ0v) is 26.0. The van der Waals surface area contributed by atoms with E-state index >= 15 is 0 Å². The molecule has 3 aromatic rings. The summed E-state index contributed by atoms with van der Waals surface area (Å²) in [7, 11) is 0. The highest BCUT2D eigenvalue weighted by Crippen LogP contribution is 2.23. The fourth-order valence-corrected chi connectivity index (χ4v) is 5.68. The van der Waals surface area contributed by atoms with Crippen molar-refractivity contribution in [2.45, 2.75) is 66.5 Å². The lowest BCUT2D eigenvalue weighted by Gasteiger charge is -2.43. The normalized spacial score (nSPS) is 16.2. The summed E-state index contributed by atoms with van der Waals surface area (Å²) in [6.07, 6.45) is 8.08. The number of hydrogen-bond acceptors (Lipinski definition) is 5. The van der Waals surface area contributed by atoms with Gasteiger partial charge in [0.15, 0.2) is 6.29 Å². The number of rotatable bonds is 7. The fraction of sp³-hybridized carbons (Fsp3) is 0.444. The first-order chi connectivity index (χ1) is 20.0. The molecule has 0 aliphatic carbocycles. The monoisotopic (exact) mass is 554 g/mol. The molecule has 1 aromatic heterocycles. The lowest BCUT2D eigenvalue weighted by Crippen LogP contribution is -2.53. The van der Waals surface area contributed by atoms with Crippen molar-refractivity contribution in [2.75, 3.05) is 44.2 Å². The van der Waals surface area contributed by atoms with Crippen LogP contribution in [0.4, 0.5) is 5.82 Å². The Hall–Kier alpha value is -3.28. The van der Waals surface area contributed by atoms with E-state index in [4.69, 9.17) is 0 Å². The van der Waals surface area contributed by atoms with Gasteiger partial charge in [0.2, 0.25) is 0 Å². The van der Waals surface area contributed by atoms with E-state index < -0.39 is 0 Å². The van der Waals surface area contributed by atoms with Gasteiger partial charge in [-0.25, -0.2) is 4.98 Å². The third-order valence-corrected chi connectivity index (χ3v) is 8.01. The Balaban J connectivity index is 0.000000355. The highest BCUT2D eigenvalue weighted by Gasteiger charge is 2.28. The highest BCUT2D eigenvalue weighted by molar-refractivity contribution is 5.75. The summed E-state index contributed by atoms with van der Waals surface area (Å²) >= 11 is 0. The van der Waals surface area contributed by atoms with Crippen molar-refractivity contribution in [2.24, 2.45) is 0 Å². The van der Waals surface area contributed by atoms with Gasteiger partial charge < -0.3 is 4.90 Å². The van der Waals surface area contributed by atoms with Crippen LogP contribution in [0.5, 0.6) is 0 Å². The lowest BCUT2D eigenvalue weighted by molar-refractivity contribution is 0.0997. The van der Waals surface area contributed by atoms with Gasteiger partial charge in [-0.1, -0.05) is 87.5 Å². The summed E-state index contributed by atoms with van der Waals surface area (Å²) in [4.78, 5) is 23.1. The zero-order chi connectivity index (χ0) is 29.6. The number of nitrogens with zero attached hydrogens (tertiary/aromatic N) is 4. The standard InChI is InChI=1S/C25H32N4O.C9H12.C2H6/c1-3-21-4-6-22(7-5-21)18-27-10-8-24(9-11-27)28-12-14-29(15-13-28)25-20(2)16-23(19-30)17-26-25;1-3-9-6-4-5-8(2)7-9;1-2/h3-7,16-17,19,24H,1,8-15,18H2,2H3;4-7H,3H2,1-2H3;1-2H3. The molecule has 5 heteroatoms. The van der Waals surface area contributed by atoms with Crippen LogP contribution < -0.4 is 4.90 Å². The van der Waals surface area contributed by atoms with Gasteiger partial charge >= 0.3 is 0 Å². The molecule has 3 heterocycles. The molecular formula is C36H50N4O. The number of piperazine rings is 1. The second-order valence-corrected chi connectivity index (χ2v) is 10.8. The molecule has 0 atom stereocenters. The first-order valence-corrected chi connectivity index (χ1v) is 15.4. The molecule has 0 unspecified atom stereocenters. The van der Waals surface area contributed by atoms with Crippen LogP contribution in [0.25, 0.3) is 6.08 Å². The number of carbonyl (C=O) groups excluding carboxylic acids is 1. The Bertz CT molecular complexity index is 1210. The molecule has 2 fully saturated rings. The average Bonchev–Trinajstić information content (AvgIpc) is 3.03. The molecule has 5 nitrogen and oxygen atoms in total. The minimum atomic E-state index is 0.651. The van der Waals surface area contributed by atoms with Gasteiger partial charge in [0.1, 0.15) is 5.82 Å². The zero-order valence-electron chi connectivity index (χ0n) is 26.0. The molecule has 0 radical (unpaired) electrons. The Kier molecular flexibility index (Phi) is 13.3. The minimum Gasteiger partial charge on any atom is -0.354 e. The van der Waals surface area contributed by atoms with Crippen molar-refractivity contribution >= 4 is 18.2 Å². The van der Waals surface area contributed by atoms with E-state index in [0.29, 0.717) is 11.6 Å². The summed E-state index contributed by atoms with van der Waals surface area (Å²) in [6, 6.07) is 20.0. The highest BCUT2D eigenvalue weighted by atomic mass is 16.1. The van der Waals surface area contributed by atoms with Crippen LogP contribution in [0.15, 0.2) is 67.4 Å². The van der Waals surface area contributed by atoms with Crippen LogP contribution >= 0.6 is 0 Å². The van der Waals surface area contributed by atoms with E-state index in [2.05, 4.69) is 88.6 Å². The van der Waals surface area contributed by atoms with E-state index in [9.17, 15) is 4.79 Å². The maximum Gasteiger partial charge on any atom is 0.151 e. The van der Waals surface area contributed by atoms with Crippen molar-refractivity contribution in [3.8, 4) is 0 Å². The van der Waals surface area contributed by atoms with Crippen molar-refractivity contribution in [3.05, 3.63) is 101 Å². The summed E-state index contributed by atoms with van der Waals surface area (Å²) in [6.45, 7) is 21.7. The number of hydrogen-bond donors (Lipinski definition) is 0. The fourth-order valence-electron chi connectivity index (χ4n) is 5.68. The molecule has 0 bridgehead atoms. The largest absolute Gasteiger partial charge is 0.354 e. The van der Waals surface area contributed by atoms with E-state index in [0.717, 1.165) is 56.8 Å². The quantitative estimate of drug-likeness (QED) is 0.289. The second-order valence-electron chi connectivity index (χ2n) is 10.8. The van der Waals surface area contributed by atoms with Crippen LogP contribution in [0.2, 0.25) is 0 Å². The Morgan fingerprint density at radius 1 is 0.878 bits per heavy atom. The number of benzene rings is 2. The molecular weight excluding hydrogens is 504 g/mol. The van der Waals surface area contributed by atoms with E-state index in [-0.39, 0.29) is 0 Å². The Labute approximate surface area is 248 Å².